The van der Waals surface area contributed by atoms with E-state index in [0.29, 0.717) is 16.3 Å². The molecule has 1 aliphatic rings. The first-order valence-corrected chi connectivity index (χ1v) is 8.17. The van der Waals surface area contributed by atoms with Gasteiger partial charge < -0.3 is 14.8 Å². The van der Waals surface area contributed by atoms with Crippen LogP contribution in [0, 0.1) is 5.92 Å². The molecule has 3 rings (SSSR count). The summed E-state index contributed by atoms with van der Waals surface area (Å²) in [4.78, 5) is 12.3. The molecule has 0 radical (unpaired) electrons. The van der Waals surface area contributed by atoms with E-state index in [1.165, 1.54) is 6.26 Å². The Hall–Kier alpha value is -1.30. The molecule has 6 heteroatoms. The van der Waals surface area contributed by atoms with Crippen LogP contribution in [0.1, 0.15) is 29.0 Å². The molecule has 2 aromatic rings. The molecular weight excluding hydrogens is 370 g/mol. The van der Waals surface area contributed by atoms with Crippen LogP contribution in [0.25, 0.3) is 0 Å². The van der Waals surface area contributed by atoms with Crippen molar-refractivity contribution in [2.45, 2.75) is 18.4 Å². The standard InChI is InChI=1S/C16H15BrClNO3/c17-11-5-6-13(18)12(8-11)15(20)19-9-16(21,10-3-4-10)14-2-1-7-22-14/h1-2,5-8,10,21H,3-4,9H2,(H,19,20). The number of benzene rings is 1. The van der Waals surface area contributed by atoms with Crippen LogP contribution < -0.4 is 5.32 Å². The molecule has 116 valence electrons. The first-order valence-electron chi connectivity index (χ1n) is 7.00. The summed E-state index contributed by atoms with van der Waals surface area (Å²) >= 11 is 9.37. The lowest BCUT2D eigenvalue weighted by molar-refractivity contribution is -0.00610. The molecule has 0 bridgehead atoms. The van der Waals surface area contributed by atoms with E-state index in [-0.39, 0.29) is 18.4 Å². The fourth-order valence-electron chi connectivity index (χ4n) is 2.50. The summed E-state index contributed by atoms with van der Waals surface area (Å²) in [5.41, 5.74) is -0.800. The molecule has 0 spiro atoms. The minimum atomic E-state index is -1.17. The molecule has 0 aliphatic heterocycles. The second kappa shape index (κ2) is 6.07. The van der Waals surface area contributed by atoms with Gasteiger partial charge in [-0.15, -0.1) is 0 Å². The van der Waals surface area contributed by atoms with Gasteiger partial charge in [-0.1, -0.05) is 27.5 Å². The molecule has 1 aliphatic carbocycles. The largest absolute Gasteiger partial charge is 0.466 e. The van der Waals surface area contributed by atoms with Gasteiger partial charge in [0, 0.05) is 4.47 Å². The van der Waals surface area contributed by atoms with Gasteiger partial charge in [0.05, 0.1) is 23.4 Å². The fourth-order valence-corrected chi connectivity index (χ4v) is 3.06. The van der Waals surface area contributed by atoms with Crippen molar-refractivity contribution in [3.8, 4) is 0 Å². The number of aliphatic hydroxyl groups is 1. The minimum absolute atomic E-state index is 0.0901. The number of amides is 1. The van der Waals surface area contributed by atoms with Gasteiger partial charge in [-0.05, 0) is 49.1 Å². The maximum absolute atomic E-state index is 12.3. The van der Waals surface area contributed by atoms with Crippen LogP contribution in [0.5, 0.6) is 0 Å². The van der Waals surface area contributed by atoms with E-state index in [1.807, 2.05) is 0 Å². The Morgan fingerprint density at radius 1 is 1.45 bits per heavy atom. The molecule has 2 N–H and O–H groups in total. The third-order valence-corrected chi connectivity index (χ3v) is 4.71. The molecule has 1 saturated carbocycles. The van der Waals surface area contributed by atoms with Crippen molar-refractivity contribution >= 4 is 33.4 Å². The first kappa shape index (κ1) is 15.6. The lowest BCUT2D eigenvalue weighted by Crippen LogP contribution is -2.42. The Kier molecular flexibility index (Phi) is 4.30. The van der Waals surface area contributed by atoms with E-state index in [4.69, 9.17) is 16.0 Å². The molecule has 4 nitrogen and oxygen atoms in total. The number of furan rings is 1. The maximum Gasteiger partial charge on any atom is 0.252 e. The van der Waals surface area contributed by atoms with Crippen molar-refractivity contribution in [2.24, 2.45) is 5.92 Å². The van der Waals surface area contributed by atoms with Crippen molar-refractivity contribution in [3.63, 3.8) is 0 Å². The summed E-state index contributed by atoms with van der Waals surface area (Å²) in [7, 11) is 0. The molecule has 1 fully saturated rings. The fraction of sp³-hybridized carbons (Fsp3) is 0.312. The number of rotatable bonds is 5. The van der Waals surface area contributed by atoms with Gasteiger partial charge in [0.15, 0.2) is 0 Å². The molecule has 1 amide bonds. The lowest BCUT2D eigenvalue weighted by Gasteiger charge is -2.26. The third-order valence-electron chi connectivity index (χ3n) is 3.89. The molecule has 1 unspecified atom stereocenters. The van der Waals surface area contributed by atoms with Crippen LogP contribution in [0.3, 0.4) is 0 Å². The Bertz CT molecular complexity index is 685. The van der Waals surface area contributed by atoms with E-state index in [9.17, 15) is 9.90 Å². The predicted octanol–water partition coefficient (Wildman–Crippen LogP) is 3.72. The average molecular weight is 385 g/mol. The maximum atomic E-state index is 12.3. The minimum Gasteiger partial charge on any atom is -0.466 e. The summed E-state index contributed by atoms with van der Waals surface area (Å²) in [6.07, 6.45) is 3.37. The zero-order valence-electron chi connectivity index (χ0n) is 11.7. The summed E-state index contributed by atoms with van der Waals surface area (Å²) in [5.74, 6) is 0.268. The molecule has 1 aromatic heterocycles. The molecule has 1 atom stereocenters. The third kappa shape index (κ3) is 3.07. The predicted molar refractivity (Wildman–Crippen MR) is 86.8 cm³/mol. The molecule has 1 aromatic carbocycles. The topological polar surface area (TPSA) is 62.5 Å². The van der Waals surface area contributed by atoms with Crippen LogP contribution in [0.15, 0.2) is 45.5 Å². The van der Waals surface area contributed by atoms with E-state index in [2.05, 4.69) is 21.2 Å². The van der Waals surface area contributed by atoms with E-state index in [1.54, 1.807) is 30.3 Å². The molecular formula is C16H15BrClNO3. The Morgan fingerprint density at radius 3 is 2.86 bits per heavy atom. The highest BCUT2D eigenvalue weighted by atomic mass is 79.9. The molecule has 1 heterocycles. The van der Waals surface area contributed by atoms with E-state index in [0.717, 1.165) is 17.3 Å². The van der Waals surface area contributed by atoms with Gasteiger partial charge in [0.1, 0.15) is 11.4 Å². The average Bonchev–Trinajstić information content (AvgIpc) is 3.22. The number of hydrogen-bond acceptors (Lipinski definition) is 3. The smallest absolute Gasteiger partial charge is 0.252 e. The Balaban J connectivity index is 1.75. The zero-order valence-corrected chi connectivity index (χ0v) is 14.0. The molecule has 22 heavy (non-hydrogen) atoms. The van der Waals surface area contributed by atoms with Crippen molar-refractivity contribution in [1.82, 2.24) is 5.32 Å². The van der Waals surface area contributed by atoms with E-state index < -0.39 is 5.60 Å². The van der Waals surface area contributed by atoms with Gasteiger partial charge in [-0.25, -0.2) is 0 Å². The van der Waals surface area contributed by atoms with Gasteiger partial charge in [0.25, 0.3) is 5.91 Å². The summed E-state index contributed by atoms with van der Waals surface area (Å²) in [5, 5.41) is 14.0. The lowest BCUT2D eigenvalue weighted by atomic mass is 9.94. The summed E-state index contributed by atoms with van der Waals surface area (Å²) in [6, 6.07) is 8.54. The number of hydrogen-bond donors (Lipinski definition) is 2. The SMILES string of the molecule is O=C(NCC(O)(c1ccco1)C1CC1)c1cc(Br)ccc1Cl. The van der Waals surface area contributed by atoms with Crippen molar-refractivity contribution in [2.75, 3.05) is 6.54 Å². The highest BCUT2D eigenvalue weighted by Gasteiger charge is 2.47. The van der Waals surface area contributed by atoms with Gasteiger partial charge >= 0.3 is 0 Å². The van der Waals surface area contributed by atoms with Crippen LogP contribution >= 0.6 is 27.5 Å². The van der Waals surface area contributed by atoms with Crippen molar-refractivity contribution in [3.05, 3.63) is 57.4 Å². The van der Waals surface area contributed by atoms with Crippen LogP contribution in [0.2, 0.25) is 5.02 Å². The van der Waals surface area contributed by atoms with Crippen LogP contribution in [-0.4, -0.2) is 17.6 Å². The monoisotopic (exact) mass is 383 g/mol. The number of carbonyl (C=O) groups excluding carboxylic acids is 1. The van der Waals surface area contributed by atoms with E-state index >= 15 is 0 Å². The summed E-state index contributed by atoms with van der Waals surface area (Å²) in [6.45, 7) is 0.0901. The van der Waals surface area contributed by atoms with Gasteiger partial charge in [0.2, 0.25) is 0 Å². The van der Waals surface area contributed by atoms with Gasteiger partial charge in [-0.3, -0.25) is 4.79 Å². The van der Waals surface area contributed by atoms with Crippen LogP contribution in [0.4, 0.5) is 0 Å². The highest BCUT2D eigenvalue weighted by molar-refractivity contribution is 9.10. The number of carbonyl (C=O) groups is 1. The summed E-state index contributed by atoms with van der Waals surface area (Å²) < 4.78 is 6.11. The quantitative estimate of drug-likeness (QED) is 0.826. The van der Waals surface area contributed by atoms with Gasteiger partial charge in [-0.2, -0.15) is 0 Å². The Labute approximate surface area is 141 Å². The van der Waals surface area contributed by atoms with Crippen molar-refractivity contribution < 1.29 is 14.3 Å². The highest BCUT2D eigenvalue weighted by Crippen LogP contribution is 2.45. The second-order valence-corrected chi connectivity index (χ2v) is 6.81. The number of nitrogens with one attached hydrogen (secondary N) is 1. The van der Waals surface area contributed by atoms with Crippen molar-refractivity contribution in [1.29, 1.82) is 0 Å². The normalized spacial score (nSPS) is 17.0. The Morgan fingerprint density at radius 2 is 2.23 bits per heavy atom. The first-order chi connectivity index (χ1) is 10.5. The molecule has 0 saturated heterocycles. The second-order valence-electron chi connectivity index (χ2n) is 5.48. The zero-order chi connectivity index (χ0) is 15.7. The number of halogens is 2. The van der Waals surface area contributed by atoms with Crippen LogP contribution in [-0.2, 0) is 5.60 Å².